The zero-order chi connectivity index (χ0) is 38.4. The van der Waals surface area contributed by atoms with E-state index in [0.29, 0.717) is 0 Å². The van der Waals surface area contributed by atoms with E-state index in [4.69, 9.17) is 0 Å². The lowest BCUT2D eigenvalue weighted by molar-refractivity contribution is 1.20. The normalized spacial score (nSPS) is 12.9. The van der Waals surface area contributed by atoms with Crippen molar-refractivity contribution in [2.24, 2.45) is 0 Å². The molecule has 2 aliphatic rings. The summed E-state index contributed by atoms with van der Waals surface area (Å²) in [5.74, 6) is 0. The first-order valence-electron chi connectivity index (χ1n) is 19.9. The van der Waals surface area contributed by atoms with Gasteiger partial charge in [0.2, 0.25) is 0 Å². The SMILES string of the molecule is C1=C2C=CC=CC=1N(c1ccc(-c3ccc4c(-c5ccccc5-c5ccccc5)c5ccccc5c(-c5ccccc5-c5ccccc5)c4c3)cc1)c1ccccc12. The van der Waals surface area contributed by atoms with Crippen LogP contribution in [0.15, 0.2) is 236 Å². The molecule has 0 radical (unpaired) electrons. The molecular formula is C57H37N. The highest BCUT2D eigenvalue weighted by molar-refractivity contribution is 6.24. The van der Waals surface area contributed by atoms with E-state index in [-0.39, 0.29) is 0 Å². The fourth-order valence-corrected chi connectivity index (χ4v) is 8.99. The number of para-hydroxylation sites is 1. The molecule has 270 valence electrons. The average molecular weight is 736 g/mol. The van der Waals surface area contributed by atoms with E-state index < -0.39 is 0 Å². The van der Waals surface area contributed by atoms with Gasteiger partial charge in [0.1, 0.15) is 0 Å². The Hall–Kier alpha value is -7.70. The van der Waals surface area contributed by atoms with Crippen molar-refractivity contribution in [2.45, 2.75) is 0 Å². The second kappa shape index (κ2) is 14.1. The van der Waals surface area contributed by atoms with E-state index in [0.717, 1.165) is 22.6 Å². The van der Waals surface area contributed by atoms with Gasteiger partial charge >= 0.3 is 0 Å². The van der Waals surface area contributed by atoms with Crippen LogP contribution in [0.2, 0.25) is 0 Å². The van der Waals surface area contributed by atoms with Gasteiger partial charge in [-0.25, -0.2) is 0 Å². The molecule has 0 saturated carbocycles. The predicted octanol–water partition coefficient (Wildman–Crippen LogP) is 15.5. The molecule has 1 aliphatic carbocycles. The molecule has 1 nitrogen and oxygen atoms in total. The van der Waals surface area contributed by atoms with Crippen LogP contribution >= 0.6 is 0 Å². The van der Waals surface area contributed by atoms with E-state index in [9.17, 15) is 0 Å². The minimum absolute atomic E-state index is 1.04. The highest BCUT2D eigenvalue weighted by Crippen LogP contribution is 2.49. The molecule has 9 aromatic carbocycles. The Morgan fingerprint density at radius 1 is 0.328 bits per heavy atom. The molecule has 1 heteroatoms. The molecule has 11 rings (SSSR count). The zero-order valence-electron chi connectivity index (χ0n) is 31.8. The van der Waals surface area contributed by atoms with Crippen LogP contribution in [0.25, 0.3) is 82.8 Å². The second-order valence-electron chi connectivity index (χ2n) is 14.9. The molecule has 58 heavy (non-hydrogen) atoms. The third-order valence-corrected chi connectivity index (χ3v) is 11.6. The third-order valence-electron chi connectivity index (χ3n) is 11.6. The second-order valence-corrected chi connectivity index (χ2v) is 14.9. The first-order valence-corrected chi connectivity index (χ1v) is 19.9. The summed E-state index contributed by atoms with van der Waals surface area (Å²) < 4.78 is 0. The summed E-state index contributed by atoms with van der Waals surface area (Å²) in [4.78, 5) is 2.31. The molecule has 0 N–H and O–H groups in total. The third kappa shape index (κ3) is 5.65. The van der Waals surface area contributed by atoms with Gasteiger partial charge in [-0.15, -0.1) is 0 Å². The molecule has 0 saturated heterocycles. The Bertz CT molecular complexity index is 3180. The van der Waals surface area contributed by atoms with Gasteiger partial charge in [-0.3, -0.25) is 0 Å². The molecule has 0 aromatic heterocycles. The van der Waals surface area contributed by atoms with Crippen LogP contribution in [-0.4, -0.2) is 0 Å². The van der Waals surface area contributed by atoms with E-state index >= 15 is 0 Å². The molecule has 9 aromatic rings. The molecule has 0 atom stereocenters. The average Bonchev–Trinajstić information content (AvgIpc) is 3.52. The van der Waals surface area contributed by atoms with Gasteiger partial charge in [0.25, 0.3) is 0 Å². The van der Waals surface area contributed by atoms with Crippen molar-refractivity contribution in [3.8, 4) is 55.6 Å². The number of hydrogen-bond acceptors (Lipinski definition) is 1. The van der Waals surface area contributed by atoms with Crippen LogP contribution < -0.4 is 4.90 Å². The van der Waals surface area contributed by atoms with Gasteiger partial charge in [0.15, 0.2) is 0 Å². The van der Waals surface area contributed by atoms with Crippen LogP contribution in [0.3, 0.4) is 0 Å². The first kappa shape index (κ1) is 33.6. The van der Waals surface area contributed by atoms with Crippen molar-refractivity contribution in [1.82, 2.24) is 0 Å². The van der Waals surface area contributed by atoms with Crippen molar-refractivity contribution >= 4 is 38.5 Å². The minimum Gasteiger partial charge on any atom is -0.303 e. The fourth-order valence-electron chi connectivity index (χ4n) is 8.99. The number of allylic oxidation sites excluding steroid dienone is 4. The molecular weight excluding hydrogens is 699 g/mol. The number of anilines is 2. The first-order chi connectivity index (χ1) is 28.8. The number of nitrogens with zero attached hydrogens (tertiary/aromatic N) is 1. The van der Waals surface area contributed by atoms with Crippen LogP contribution in [-0.2, 0) is 0 Å². The molecule has 0 fully saturated rings. The van der Waals surface area contributed by atoms with Crippen LogP contribution in [0.1, 0.15) is 5.56 Å². The smallest absolute Gasteiger partial charge is 0.0896 e. The summed E-state index contributed by atoms with van der Waals surface area (Å²) in [6, 6.07) is 73.0. The Balaban J connectivity index is 1.15. The van der Waals surface area contributed by atoms with Gasteiger partial charge in [0.05, 0.1) is 11.4 Å². The van der Waals surface area contributed by atoms with Crippen molar-refractivity contribution < 1.29 is 0 Å². The number of fused-ring (bicyclic) bond motifs is 4. The molecule has 1 heterocycles. The monoisotopic (exact) mass is 735 g/mol. The Morgan fingerprint density at radius 3 is 1.45 bits per heavy atom. The Morgan fingerprint density at radius 2 is 0.810 bits per heavy atom. The molecule has 2 bridgehead atoms. The summed E-state index contributed by atoms with van der Waals surface area (Å²) in [6.45, 7) is 0. The van der Waals surface area contributed by atoms with Crippen molar-refractivity contribution in [3.05, 3.63) is 241 Å². The van der Waals surface area contributed by atoms with E-state index in [1.807, 2.05) is 0 Å². The zero-order valence-corrected chi connectivity index (χ0v) is 31.8. The Kier molecular flexibility index (Phi) is 8.18. The van der Waals surface area contributed by atoms with Crippen LogP contribution in [0.4, 0.5) is 11.4 Å². The van der Waals surface area contributed by atoms with E-state index in [1.165, 1.54) is 82.7 Å². The molecule has 0 spiro atoms. The fraction of sp³-hybridized carbons (Fsp3) is 0. The largest absolute Gasteiger partial charge is 0.303 e. The summed E-state index contributed by atoms with van der Waals surface area (Å²) in [5.41, 5.74) is 21.4. The molecule has 0 amide bonds. The quantitative estimate of drug-likeness (QED) is 0.121. The number of hydrogen-bond donors (Lipinski definition) is 0. The standard InChI is InChI=1S/C57H37N/c1-3-17-40(18-4-1)46-23-9-11-26-49(46)56-51-28-13-14-29-52(51)57(50-27-12-10-24-47(50)41-19-5-2-6-20-41)54-38-42(33-36-53(54)56)39-31-34-44(35-32-39)58-45-22-8-7-21-43(37-45)48-25-15-16-30-55(48)58/h1-36,38H. The molecule has 0 unspecified atom stereocenters. The van der Waals surface area contributed by atoms with Gasteiger partial charge in [-0.1, -0.05) is 194 Å². The maximum absolute atomic E-state index is 3.66. The summed E-state index contributed by atoms with van der Waals surface area (Å²) in [6.07, 6.45) is 8.48. The topological polar surface area (TPSA) is 3.24 Å². The van der Waals surface area contributed by atoms with Crippen LogP contribution in [0.5, 0.6) is 0 Å². The minimum atomic E-state index is 1.04. The summed E-state index contributed by atoms with van der Waals surface area (Å²) in [7, 11) is 0. The summed E-state index contributed by atoms with van der Waals surface area (Å²) in [5, 5.41) is 4.93. The van der Waals surface area contributed by atoms with Crippen molar-refractivity contribution in [1.29, 1.82) is 0 Å². The maximum atomic E-state index is 3.66. The highest BCUT2D eigenvalue weighted by atomic mass is 15.2. The Labute approximate surface area is 339 Å². The van der Waals surface area contributed by atoms with Gasteiger partial charge in [0, 0.05) is 16.8 Å². The lowest BCUT2D eigenvalue weighted by Crippen LogP contribution is -2.18. The maximum Gasteiger partial charge on any atom is 0.0896 e. The number of rotatable bonds is 6. The highest BCUT2D eigenvalue weighted by Gasteiger charge is 2.24. The van der Waals surface area contributed by atoms with E-state index in [2.05, 4.69) is 235 Å². The predicted molar refractivity (Wildman–Crippen MR) is 246 cm³/mol. The lowest BCUT2D eigenvalue weighted by Gasteiger charge is -2.29. The van der Waals surface area contributed by atoms with Crippen LogP contribution in [0, 0.1) is 0 Å². The number of benzene rings is 9. The van der Waals surface area contributed by atoms with E-state index in [1.54, 1.807) is 0 Å². The molecule has 1 aliphatic heterocycles. The van der Waals surface area contributed by atoms with Gasteiger partial charge < -0.3 is 4.90 Å². The van der Waals surface area contributed by atoms with Crippen molar-refractivity contribution in [3.63, 3.8) is 0 Å². The van der Waals surface area contributed by atoms with Gasteiger partial charge in [-0.2, -0.15) is 0 Å². The van der Waals surface area contributed by atoms with Gasteiger partial charge in [-0.05, 0) is 114 Å². The summed E-state index contributed by atoms with van der Waals surface area (Å²) >= 11 is 0. The lowest BCUT2D eigenvalue weighted by atomic mass is 9.81. The van der Waals surface area contributed by atoms with Crippen molar-refractivity contribution in [2.75, 3.05) is 4.90 Å².